The Morgan fingerprint density at radius 3 is 2.94 bits per heavy atom. The first-order valence-electron chi connectivity index (χ1n) is 5.55. The standard InChI is InChI=1S/C11H12N2O4S/c12-7-1-2-9-10(5-7)17-11(13-9)18(14,15)8-3-4-16-6-8/h1-2,5,8H,3-4,6,12H2. The van der Waals surface area contributed by atoms with Crippen LogP contribution in [0.15, 0.2) is 27.8 Å². The summed E-state index contributed by atoms with van der Waals surface area (Å²) in [6.45, 7) is 0.653. The van der Waals surface area contributed by atoms with Gasteiger partial charge in [0.05, 0.1) is 11.9 Å². The van der Waals surface area contributed by atoms with E-state index in [4.69, 9.17) is 14.9 Å². The van der Waals surface area contributed by atoms with E-state index in [1.807, 2.05) is 0 Å². The monoisotopic (exact) mass is 268 g/mol. The second kappa shape index (κ2) is 3.96. The third kappa shape index (κ3) is 1.75. The topological polar surface area (TPSA) is 95.4 Å². The van der Waals surface area contributed by atoms with Gasteiger partial charge in [-0.05, 0) is 18.6 Å². The molecule has 0 bridgehead atoms. The number of sulfone groups is 1. The zero-order valence-corrected chi connectivity index (χ0v) is 10.3. The SMILES string of the molecule is Nc1ccc2nc(S(=O)(=O)C3CCOC3)oc2c1. The first-order chi connectivity index (χ1) is 8.57. The van der Waals surface area contributed by atoms with E-state index in [0.717, 1.165) is 0 Å². The Hall–Kier alpha value is -1.60. The van der Waals surface area contributed by atoms with Crippen LogP contribution in [0.3, 0.4) is 0 Å². The molecule has 18 heavy (non-hydrogen) atoms. The van der Waals surface area contributed by atoms with Crippen LogP contribution in [-0.2, 0) is 14.6 Å². The lowest BCUT2D eigenvalue weighted by Crippen LogP contribution is -2.21. The van der Waals surface area contributed by atoms with Crippen molar-refractivity contribution >= 4 is 26.6 Å². The maximum atomic E-state index is 12.2. The largest absolute Gasteiger partial charge is 0.428 e. The Kier molecular flexibility index (Phi) is 2.53. The maximum Gasteiger partial charge on any atom is 0.316 e. The first-order valence-corrected chi connectivity index (χ1v) is 7.10. The first kappa shape index (κ1) is 11.5. The number of aromatic nitrogens is 1. The molecular weight excluding hydrogens is 256 g/mol. The highest BCUT2D eigenvalue weighted by Gasteiger charge is 2.35. The highest BCUT2D eigenvalue weighted by atomic mass is 32.2. The predicted molar refractivity (Wildman–Crippen MR) is 64.8 cm³/mol. The molecule has 1 atom stereocenters. The lowest BCUT2D eigenvalue weighted by atomic mass is 10.3. The summed E-state index contributed by atoms with van der Waals surface area (Å²) in [7, 11) is -3.56. The van der Waals surface area contributed by atoms with Crippen molar-refractivity contribution in [3.63, 3.8) is 0 Å². The molecule has 1 aromatic carbocycles. The lowest BCUT2D eigenvalue weighted by Gasteiger charge is -2.04. The van der Waals surface area contributed by atoms with Crippen molar-refractivity contribution in [1.82, 2.24) is 4.98 Å². The van der Waals surface area contributed by atoms with Crippen LogP contribution < -0.4 is 5.73 Å². The molecule has 6 nitrogen and oxygen atoms in total. The molecule has 2 N–H and O–H groups in total. The summed E-state index contributed by atoms with van der Waals surface area (Å²) in [5.74, 6) is 0. The van der Waals surface area contributed by atoms with Gasteiger partial charge >= 0.3 is 5.22 Å². The van der Waals surface area contributed by atoms with Crippen molar-refractivity contribution < 1.29 is 17.6 Å². The zero-order chi connectivity index (χ0) is 12.8. The Bertz CT molecular complexity index is 686. The van der Waals surface area contributed by atoms with Crippen molar-refractivity contribution in [3.05, 3.63) is 18.2 Å². The lowest BCUT2D eigenvalue weighted by molar-refractivity contribution is 0.198. The summed E-state index contributed by atoms with van der Waals surface area (Å²) >= 11 is 0. The van der Waals surface area contributed by atoms with Gasteiger partial charge in [0.1, 0.15) is 5.52 Å². The molecule has 0 spiro atoms. The van der Waals surface area contributed by atoms with Gasteiger partial charge < -0.3 is 14.9 Å². The number of nitrogens with zero attached hydrogens (tertiary/aromatic N) is 1. The van der Waals surface area contributed by atoms with E-state index in [0.29, 0.717) is 29.8 Å². The third-order valence-electron chi connectivity index (χ3n) is 2.96. The number of nitrogens with two attached hydrogens (primary N) is 1. The van der Waals surface area contributed by atoms with Crippen LogP contribution >= 0.6 is 0 Å². The van der Waals surface area contributed by atoms with Crippen molar-refractivity contribution in [1.29, 1.82) is 0 Å². The predicted octanol–water partition coefficient (Wildman–Crippen LogP) is 0.973. The van der Waals surface area contributed by atoms with Gasteiger partial charge in [-0.2, -0.15) is 4.98 Å². The highest BCUT2D eigenvalue weighted by Crippen LogP contribution is 2.26. The second-order valence-electron chi connectivity index (χ2n) is 4.24. The van der Waals surface area contributed by atoms with Crippen LogP contribution in [0.2, 0.25) is 0 Å². The number of hydrogen-bond acceptors (Lipinski definition) is 6. The fourth-order valence-electron chi connectivity index (χ4n) is 1.94. The molecule has 96 valence electrons. The molecule has 2 aromatic rings. The minimum atomic E-state index is -3.56. The Morgan fingerprint density at radius 2 is 2.22 bits per heavy atom. The number of anilines is 1. The van der Waals surface area contributed by atoms with E-state index in [9.17, 15) is 8.42 Å². The molecular formula is C11H12N2O4S. The van der Waals surface area contributed by atoms with E-state index in [2.05, 4.69) is 4.98 Å². The van der Waals surface area contributed by atoms with Crippen LogP contribution in [0, 0.1) is 0 Å². The van der Waals surface area contributed by atoms with Gasteiger partial charge in [0.15, 0.2) is 5.58 Å². The quantitative estimate of drug-likeness (QED) is 0.815. The van der Waals surface area contributed by atoms with E-state index in [1.54, 1.807) is 18.2 Å². The minimum Gasteiger partial charge on any atom is -0.428 e. The molecule has 1 saturated heterocycles. The highest BCUT2D eigenvalue weighted by molar-refractivity contribution is 7.91. The molecule has 1 aliphatic heterocycles. The van der Waals surface area contributed by atoms with Crippen molar-refractivity contribution in [3.8, 4) is 0 Å². The van der Waals surface area contributed by atoms with Gasteiger partial charge in [-0.1, -0.05) is 0 Å². The summed E-state index contributed by atoms with van der Waals surface area (Å²) < 4.78 is 34.8. The van der Waals surface area contributed by atoms with Crippen LogP contribution in [0.1, 0.15) is 6.42 Å². The molecule has 1 unspecified atom stereocenters. The van der Waals surface area contributed by atoms with Crippen LogP contribution in [0.4, 0.5) is 5.69 Å². The molecule has 0 aliphatic carbocycles. The number of fused-ring (bicyclic) bond motifs is 1. The molecule has 1 aliphatic rings. The minimum absolute atomic E-state index is 0.198. The molecule has 1 aromatic heterocycles. The fourth-order valence-corrected chi connectivity index (χ4v) is 3.34. The van der Waals surface area contributed by atoms with Crippen LogP contribution in [0.25, 0.3) is 11.1 Å². The van der Waals surface area contributed by atoms with Gasteiger partial charge in [-0.15, -0.1) is 0 Å². The number of benzene rings is 1. The van der Waals surface area contributed by atoms with Crippen LogP contribution in [0.5, 0.6) is 0 Å². The fraction of sp³-hybridized carbons (Fsp3) is 0.364. The summed E-state index contributed by atoms with van der Waals surface area (Å²) in [6.07, 6.45) is 0.475. The summed E-state index contributed by atoms with van der Waals surface area (Å²) in [6, 6.07) is 4.85. The number of rotatable bonds is 2. The smallest absolute Gasteiger partial charge is 0.316 e. The number of ether oxygens (including phenoxy) is 1. The average Bonchev–Trinajstić information content (AvgIpc) is 2.97. The van der Waals surface area contributed by atoms with Gasteiger partial charge in [0.25, 0.3) is 0 Å². The maximum absolute atomic E-state index is 12.2. The van der Waals surface area contributed by atoms with E-state index in [-0.39, 0.29) is 11.8 Å². The van der Waals surface area contributed by atoms with Gasteiger partial charge in [0.2, 0.25) is 9.84 Å². The molecule has 0 saturated carbocycles. The second-order valence-corrected chi connectivity index (χ2v) is 6.34. The Balaban J connectivity index is 2.08. The molecule has 7 heteroatoms. The Labute approximate surface area is 104 Å². The van der Waals surface area contributed by atoms with Crippen LogP contribution in [-0.4, -0.2) is 31.9 Å². The van der Waals surface area contributed by atoms with Crippen molar-refractivity contribution in [2.45, 2.75) is 16.9 Å². The molecule has 0 amide bonds. The van der Waals surface area contributed by atoms with E-state index >= 15 is 0 Å². The van der Waals surface area contributed by atoms with Gasteiger partial charge in [-0.25, -0.2) is 8.42 Å². The molecule has 3 rings (SSSR count). The molecule has 2 heterocycles. The van der Waals surface area contributed by atoms with E-state index in [1.165, 1.54) is 0 Å². The number of nitrogen functional groups attached to an aromatic ring is 1. The summed E-state index contributed by atoms with van der Waals surface area (Å²) in [5.41, 5.74) is 6.98. The van der Waals surface area contributed by atoms with Crippen molar-refractivity contribution in [2.24, 2.45) is 0 Å². The Morgan fingerprint density at radius 1 is 1.39 bits per heavy atom. The zero-order valence-electron chi connectivity index (χ0n) is 9.50. The summed E-state index contributed by atoms with van der Waals surface area (Å²) in [5, 5.41) is -0.818. The number of oxazole rings is 1. The molecule has 1 fully saturated rings. The van der Waals surface area contributed by atoms with E-state index < -0.39 is 15.1 Å². The average molecular weight is 268 g/mol. The molecule has 0 radical (unpaired) electrons. The number of hydrogen-bond donors (Lipinski definition) is 1. The summed E-state index contributed by atoms with van der Waals surface area (Å²) in [4.78, 5) is 4.00. The normalized spacial score (nSPS) is 20.6. The third-order valence-corrected chi connectivity index (χ3v) is 4.87. The van der Waals surface area contributed by atoms with Gasteiger partial charge in [-0.3, -0.25) is 0 Å². The van der Waals surface area contributed by atoms with Crippen molar-refractivity contribution in [2.75, 3.05) is 18.9 Å². The van der Waals surface area contributed by atoms with Gasteiger partial charge in [0, 0.05) is 18.4 Å².